The number of nitrogens with one attached hydrogen (secondary N) is 1. The van der Waals surface area contributed by atoms with Gasteiger partial charge in [-0.05, 0) is 19.3 Å². The third kappa shape index (κ3) is 31.0. The number of carbonyl (C=O) groups is 3. The zero-order chi connectivity index (χ0) is 33.6. The van der Waals surface area contributed by atoms with E-state index in [9.17, 15) is 22.8 Å². The van der Waals surface area contributed by atoms with Crippen LogP contribution in [0.2, 0.25) is 0 Å². The Hall–Kier alpha value is -1.37. The van der Waals surface area contributed by atoms with E-state index in [2.05, 4.69) is 19.2 Å². The highest BCUT2D eigenvalue weighted by Gasteiger charge is 2.20. The van der Waals surface area contributed by atoms with Crippen LogP contribution in [0.3, 0.4) is 0 Å². The molecule has 0 rings (SSSR count). The zero-order valence-corrected chi connectivity index (χ0v) is 29.9. The average Bonchev–Trinajstić information content (AvgIpc) is 2.99. The van der Waals surface area contributed by atoms with E-state index >= 15 is 0 Å². The molecule has 0 aromatic heterocycles. The van der Waals surface area contributed by atoms with E-state index in [-0.39, 0.29) is 37.3 Å². The summed E-state index contributed by atoms with van der Waals surface area (Å²) in [7, 11) is -4.08. The van der Waals surface area contributed by atoms with Crippen LogP contribution < -0.4 is 11.1 Å². The van der Waals surface area contributed by atoms with E-state index in [1.54, 1.807) is 0 Å². The van der Waals surface area contributed by atoms with Crippen molar-refractivity contribution in [3.05, 3.63) is 0 Å². The topological polar surface area (TPSA) is 162 Å². The number of esters is 2. The first-order valence-corrected chi connectivity index (χ1v) is 20.3. The number of amides is 1. The summed E-state index contributed by atoms with van der Waals surface area (Å²) in [6.07, 6.45) is 20.9. The van der Waals surface area contributed by atoms with Crippen molar-refractivity contribution in [2.75, 3.05) is 30.4 Å². The highest BCUT2D eigenvalue weighted by Crippen LogP contribution is 2.14. The van der Waals surface area contributed by atoms with Gasteiger partial charge >= 0.3 is 11.9 Å². The van der Waals surface area contributed by atoms with E-state index in [1.807, 2.05) is 0 Å². The Labute approximate surface area is 278 Å². The lowest BCUT2D eigenvalue weighted by atomic mass is 10.1. The maximum absolute atomic E-state index is 12.6. The predicted molar refractivity (Wildman–Crippen MR) is 184 cm³/mol. The van der Waals surface area contributed by atoms with Gasteiger partial charge in [-0.2, -0.15) is 20.2 Å². The molecular formula is C33H64N2O8S2. The Morgan fingerprint density at radius 1 is 0.711 bits per heavy atom. The first kappa shape index (κ1) is 43.6. The molecule has 0 spiro atoms. The lowest BCUT2D eigenvalue weighted by Gasteiger charge is -2.19. The maximum Gasteiger partial charge on any atom is 0.306 e. The van der Waals surface area contributed by atoms with Crippen molar-refractivity contribution in [1.29, 1.82) is 0 Å². The molecule has 0 aromatic rings. The van der Waals surface area contributed by atoms with Gasteiger partial charge in [0.15, 0.2) is 0 Å². The first-order valence-electron chi connectivity index (χ1n) is 17.5. The fourth-order valence-electron chi connectivity index (χ4n) is 4.78. The maximum atomic E-state index is 12.6. The first-order chi connectivity index (χ1) is 21.6. The third-order valence-corrected chi connectivity index (χ3v) is 9.52. The number of nitrogens with two attached hydrogens (primary N) is 1. The number of thioether (sulfide) groups is 1. The molecule has 2 atom stereocenters. The molecule has 0 fully saturated rings. The van der Waals surface area contributed by atoms with Gasteiger partial charge in [-0.15, -0.1) is 0 Å². The molecule has 0 bridgehead atoms. The van der Waals surface area contributed by atoms with Gasteiger partial charge in [0.1, 0.15) is 12.7 Å². The molecule has 45 heavy (non-hydrogen) atoms. The molecule has 10 nitrogen and oxygen atoms in total. The van der Waals surface area contributed by atoms with Gasteiger partial charge in [-0.1, -0.05) is 117 Å². The quantitative estimate of drug-likeness (QED) is 0.0394. The van der Waals surface area contributed by atoms with Gasteiger partial charge in [0.05, 0.1) is 11.8 Å². The molecule has 12 heteroatoms. The molecule has 0 saturated heterocycles. The van der Waals surface area contributed by atoms with E-state index in [4.69, 9.17) is 19.8 Å². The number of unbranched alkanes of at least 4 members (excludes halogenated alkanes) is 16. The van der Waals surface area contributed by atoms with Crippen LogP contribution in [0.5, 0.6) is 0 Å². The van der Waals surface area contributed by atoms with Crippen molar-refractivity contribution in [1.82, 2.24) is 5.32 Å². The Kier molecular flexibility index (Phi) is 29.1. The van der Waals surface area contributed by atoms with E-state index in [0.717, 1.165) is 38.5 Å². The number of carbonyl (C=O) groups excluding carboxylic acids is 3. The van der Waals surface area contributed by atoms with Gasteiger partial charge < -0.3 is 20.5 Å². The summed E-state index contributed by atoms with van der Waals surface area (Å²) in [5, 5.41) is 2.55. The second-order valence-corrected chi connectivity index (χ2v) is 14.7. The molecule has 0 aromatic carbocycles. The Morgan fingerprint density at radius 3 is 1.67 bits per heavy atom. The minimum absolute atomic E-state index is 0.0379. The van der Waals surface area contributed by atoms with E-state index in [1.165, 1.54) is 88.8 Å². The summed E-state index contributed by atoms with van der Waals surface area (Å²) in [4.78, 5) is 37.1. The van der Waals surface area contributed by atoms with E-state index in [0.29, 0.717) is 18.6 Å². The van der Waals surface area contributed by atoms with Crippen molar-refractivity contribution >= 4 is 39.7 Å². The second-order valence-electron chi connectivity index (χ2n) is 12.0. The van der Waals surface area contributed by atoms with Gasteiger partial charge in [0.2, 0.25) is 5.91 Å². The smallest absolute Gasteiger partial charge is 0.306 e. The summed E-state index contributed by atoms with van der Waals surface area (Å²) in [6, 6.07) is -0.853. The minimum Gasteiger partial charge on any atom is -0.462 e. The van der Waals surface area contributed by atoms with Crippen LogP contribution in [-0.2, 0) is 34.0 Å². The van der Waals surface area contributed by atoms with Crippen molar-refractivity contribution in [2.45, 2.75) is 161 Å². The Morgan fingerprint density at radius 2 is 1.18 bits per heavy atom. The Balaban J connectivity index is 4.50. The summed E-state index contributed by atoms with van der Waals surface area (Å²) >= 11 is 1.32. The molecule has 0 heterocycles. The molecule has 0 aliphatic carbocycles. The molecule has 0 saturated carbocycles. The number of hydrogen-bond donors (Lipinski definition) is 3. The molecule has 0 aliphatic heterocycles. The zero-order valence-electron chi connectivity index (χ0n) is 28.2. The normalized spacial score (nSPS) is 12.9. The van der Waals surface area contributed by atoms with Gasteiger partial charge in [0.25, 0.3) is 10.1 Å². The summed E-state index contributed by atoms with van der Waals surface area (Å²) < 4.78 is 41.5. The molecule has 0 radical (unpaired) electrons. The highest BCUT2D eigenvalue weighted by molar-refractivity contribution is 7.99. The van der Waals surface area contributed by atoms with Crippen LogP contribution >= 0.6 is 11.8 Å². The molecule has 2 unspecified atom stereocenters. The highest BCUT2D eigenvalue weighted by atomic mass is 32.2. The predicted octanol–water partition coefficient (Wildman–Crippen LogP) is 6.74. The van der Waals surface area contributed by atoms with E-state index < -0.39 is 33.9 Å². The lowest BCUT2D eigenvalue weighted by Crippen LogP contribution is -2.43. The van der Waals surface area contributed by atoms with Crippen molar-refractivity contribution in [3.63, 3.8) is 0 Å². The third-order valence-electron chi connectivity index (χ3n) is 7.51. The number of ether oxygens (including phenoxy) is 2. The molecule has 1 amide bonds. The molecule has 266 valence electrons. The van der Waals surface area contributed by atoms with Gasteiger partial charge in [-0.3, -0.25) is 18.9 Å². The van der Waals surface area contributed by atoms with Crippen LogP contribution in [0.15, 0.2) is 0 Å². The fraction of sp³-hybridized carbons (Fsp3) is 0.909. The standard InChI is InChI=1S/C33H64N2O8S2/c1-3-5-7-9-11-13-15-17-19-22-31(36)42-26-29(43-32(37)23-20-18-16-14-12-10-8-6-4-2)27-44-28-30(34)33(38)35-24-21-25-45(39,40)41/h29-30H,3-28,34H2,1-2H3,(H,35,38)(H,39,40,41). The minimum atomic E-state index is -4.08. The lowest BCUT2D eigenvalue weighted by molar-refractivity contribution is -0.157. The summed E-state index contributed by atoms with van der Waals surface area (Å²) in [5.41, 5.74) is 5.96. The second kappa shape index (κ2) is 30.0. The van der Waals surface area contributed by atoms with Crippen molar-refractivity contribution < 1.29 is 36.8 Å². The van der Waals surface area contributed by atoms with Crippen LogP contribution in [0, 0.1) is 0 Å². The van der Waals surface area contributed by atoms with Crippen LogP contribution in [0.25, 0.3) is 0 Å². The number of hydrogen-bond acceptors (Lipinski definition) is 9. The van der Waals surface area contributed by atoms with Crippen molar-refractivity contribution in [2.24, 2.45) is 5.73 Å². The SMILES string of the molecule is CCCCCCCCCCCC(=O)OCC(CSCC(N)C(=O)NCCCS(=O)(=O)O)OC(=O)CCCCCCCCCCC. The molecule has 0 aliphatic rings. The van der Waals surface area contributed by atoms with Crippen LogP contribution in [0.1, 0.15) is 149 Å². The van der Waals surface area contributed by atoms with Crippen molar-refractivity contribution in [3.8, 4) is 0 Å². The fourth-order valence-corrected chi connectivity index (χ4v) is 6.26. The van der Waals surface area contributed by atoms with Gasteiger partial charge in [0, 0.05) is 30.9 Å². The van der Waals surface area contributed by atoms with Crippen LogP contribution in [0.4, 0.5) is 0 Å². The average molecular weight is 681 g/mol. The van der Waals surface area contributed by atoms with Crippen LogP contribution in [-0.4, -0.2) is 73.4 Å². The summed E-state index contributed by atoms with van der Waals surface area (Å²) in [6.45, 7) is 4.46. The Bertz CT molecular complexity index is 858. The summed E-state index contributed by atoms with van der Waals surface area (Å²) in [5.74, 6) is -0.949. The monoisotopic (exact) mass is 680 g/mol. The molecule has 4 N–H and O–H groups in total. The number of rotatable bonds is 32. The van der Waals surface area contributed by atoms with Gasteiger partial charge in [-0.25, -0.2) is 0 Å². The largest absolute Gasteiger partial charge is 0.462 e. The molecular weight excluding hydrogens is 617 g/mol.